The summed E-state index contributed by atoms with van der Waals surface area (Å²) in [6.45, 7) is 3.22. The first-order valence-electron chi connectivity index (χ1n) is 5.00. The van der Waals surface area contributed by atoms with Crippen LogP contribution in [0.25, 0.3) is 0 Å². The van der Waals surface area contributed by atoms with Crippen molar-refractivity contribution in [3.05, 3.63) is 24.5 Å². The Labute approximate surface area is 85.4 Å². The Morgan fingerprint density at radius 2 is 2.36 bits per heavy atom. The average molecular weight is 194 g/mol. The van der Waals surface area contributed by atoms with Gasteiger partial charge in [-0.3, -0.25) is 4.98 Å². The minimum absolute atomic E-state index is 0.251. The van der Waals surface area contributed by atoms with E-state index < -0.39 is 0 Å². The SMILES string of the molecule is CCC(CO)CN(C)c1cccnc1. The third-order valence-corrected chi connectivity index (χ3v) is 2.45. The predicted octanol–water partition coefficient (Wildman–Crippen LogP) is 1.54. The summed E-state index contributed by atoms with van der Waals surface area (Å²) in [4.78, 5) is 6.18. The second-order valence-electron chi connectivity index (χ2n) is 3.55. The Bertz CT molecular complexity index is 247. The molecule has 0 aliphatic heterocycles. The summed E-state index contributed by atoms with van der Waals surface area (Å²) >= 11 is 0. The minimum Gasteiger partial charge on any atom is -0.396 e. The maximum Gasteiger partial charge on any atom is 0.0550 e. The van der Waals surface area contributed by atoms with Gasteiger partial charge in [-0.05, 0) is 24.5 Å². The maximum absolute atomic E-state index is 9.08. The van der Waals surface area contributed by atoms with Gasteiger partial charge in [0.15, 0.2) is 0 Å². The summed E-state index contributed by atoms with van der Waals surface area (Å²) in [5.41, 5.74) is 1.10. The van der Waals surface area contributed by atoms with Crippen LogP contribution in [0.5, 0.6) is 0 Å². The second-order valence-corrected chi connectivity index (χ2v) is 3.55. The van der Waals surface area contributed by atoms with Gasteiger partial charge in [0.25, 0.3) is 0 Å². The van der Waals surface area contributed by atoms with Crippen LogP contribution in [-0.2, 0) is 0 Å². The van der Waals surface area contributed by atoms with E-state index in [-0.39, 0.29) is 6.61 Å². The molecule has 78 valence electrons. The zero-order valence-corrected chi connectivity index (χ0v) is 8.85. The molecule has 14 heavy (non-hydrogen) atoms. The average Bonchev–Trinajstić information content (AvgIpc) is 2.26. The van der Waals surface area contributed by atoms with Gasteiger partial charge in [-0.2, -0.15) is 0 Å². The highest BCUT2D eigenvalue weighted by atomic mass is 16.3. The normalized spacial score (nSPS) is 12.5. The van der Waals surface area contributed by atoms with Gasteiger partial charge in [0.2, 0.25) is 0 Å². The van der Waals surface area contributed by atoms with Crippen LogP contribution in [0.1, 0.15) is 13.3 Å². The molecule has 1 atom stereocenters. The Morgan fingerprint density at radius 3 is 2.86 bits per heavy atom. The molecule has 0 saturated heterocycles. The first-order valence-corrected chi connectivity index (χ1v) is 5.00. The molecular weight excluding hydrogens is 176 g/mol. The van der Waals surface area contributed by atoms with E-state index in [0.29, 0.717) is 5.92 Å². The highest BCUT2D eigenvalue weighted by Crippen LogP contribution is 2.12. The number of anilines is 1. The number of rotatable bonds is 5. The fraction of sp³-hybridized carbons (Fsp3) is 0.545. The summed E-state index contributed by atoms with van der Waals surface area (Å²) in [7, 11) is 2.02. The van der Waals surface area contributed by atoms with E-state index in [0.717, 1.165) is 18.7 Å². The van der Waals surface area contributed by atoms with Crippen LogP contribution in [0.4, 0.5) is 5.69 Å². The zero-order chi connectivity index (χ0) is 10.4. The van der Waals surface area contributed by atoms with Crippen LogP contribution >= 0.6 is 0 Å². The van der Waals surface area contributed by atoms with Crippen molar-refractivity contribution in [3.8, 4) is 0 Å². The second kappa shape index (κ2) is 5.60. The molecule has 0 aromatic carbocycles. The zero-order valence-electron chi connectivity index (χ0n) is 8.85. The van der Waals surface area contributed by atoms with Crippen molar-refractivity contribution in [1.82, 2.24) is 4.98 Å². The minimum atomic E-state index is 0.251. The van der Waals surface area contributed by atoms with E-state index >= 15 is 0 Å². The highest BCUT2D eigenvalue weighted by molar-refractivity contribution is 5.42. The van der Waals surface area contributed by atoms with Crippen molar-refractivity contribution < 1.29 is 5.11 Å². The standard InChI is InChI=1S/C11H18N2O/c1-3-10(9-14)8-13(2)11-5-4-6-12-7-11/h4-7,10,14H,3,8-9H2,1-2H3. The summed E-state index contributed by atoms with van der Waals surface area (Å²) in [6.07, 6.45) is 4.60. The molecule has 0 bridgehead atoms. The molecule has 3 heteroatoms. The molecule has 1 unspecified atom stereocenters. The van der Waals surface area contributed by atoms with Crippen molar-refractivity contribution in [3.63, 3.8) is 0 Å². The lowest BCUT2D eigenvalue weighted by Crippen LogP contribution is -2.27. The van der Waals surface area contributed by atoms with E-state index in [9.17, 15) is 0 Å². The summed E-state index contributed by atoms with van der Waals surface area (Å²) in [5, 5.41) is 9.08. The van der Waals surface area contributed by atoms with Crippen molar-refractivity contribution in [2.45, 2.75) is 13.3 Å². The lowest BCUT2D eigenvalue weighted by Gasteiger charge is -2.23. The Hall–Kier alpha value is -1.09. The van der Waals surface area contributed by atoms with Gasteiger partial charge in [-0.1, -0.05) is 6.92 Å². The third kappa shape index (κ3) is 3.00. The van der Waals surface area contributed by atoms with Gasteiger partial charge in [0, 0.05) is 26.4 Å². The summed E-state index contributed by atoms with van der Waals surface area (Å²) in [5.74, 6) is 0.347. The molecule has 0 aliphatic carbocycles. The lowest BCUT2D eigenvalue weighted by molar-refractivity contribution is 0.225. The van der Waals surface area contributed by atoms with Crippen LogP contribution in [0.3, 0.4) is 0 Å². The van der Waals surface area contributed by atoms with Gasteiger partial charge >= 0.3 is 0 Å². The number of hydrogen-bond donors (Lipinski definition) is 1. The van der Waals surface area contributed by atoms with Crippen molar-refractivity contribution in [2.75, 3.05) is 25.1 Å². The number of aromatic nitrogens is 1. The topological polar surface area (TPSA) is 36.4 Å². The van der Waals surface area contributed by atoms with Gasteiger partial charge < -0.3 is 10.0 Å². The summed E-state index contributed by atoms with van der Waals surface area (Å²) in [6, 6.07) is 3.95. The van der Waals surface area contributed by atoms with Gasteiger partial charge in [0.1, 0.15) is 0 Å². The smallest absolute Gasteiger partial charge is 0.0550 e. The van der Waals surface area contributed by atoms with Crippen molar-refractivity contribution in [2.24, 2.45) is 5.92 Å². The van der Waals surface area contributed by atoms with Crippen LogP contribution < -0.4 is 4.90 Å². The molecule has 3 nitrogen and oxygen atoms in total. The molecule has 0 radical (unpaired) electrons. The largest absolute Gasteiger partial charge is 0.396 e. The highest BCUT2D eigenvalue weighted by Gasteiger charge is 2.08. The van der Waals surface area contributed by atoms with Crippen LogP contribution in [0.2, 0.25) is 0 Å². The Morgan fingerprint density at radius 1 is 1.57 bits per heavy atom. The molecular formula is C11H18N2O. The van der Waals surface area contributed by atoms with Crippen LogP contribution in [0.15, 0.2) is 24.5 Å². The van der Waals surface area contributed by atoms with Gasteiger partial charge in [0.05, 0.1) is 11.9 Å². The van der Waals surface area contributed by atoms with Crippen molar-refractivity contribution >= 4 is 5.69 Å². The lowest BCUT2D eigenvalue weighted by atomic mass is 10.1. The molecule has 0 fully saturated rings. The first-order chi connectivity index (χ1) is 6.77. The number of aliphatic hydroxyl groups is 1. The van der Waals surface area contributed by atoms with E-state index in [1.54, 1.807) is 6.20 Å². The molecule has 0 spiro atoms. The molecule has 0 aliphatic rings. The molecule has 0 saturated carbocycles. The molecule has 1 heterocycles. The number of nitrogens with zero attached hydrogens (tertiary/aromatic N) is 2. The predicted molar refractivity (Wildman–Crippen MR) is 58.4 cm³/mol. The van der Waals surface area contributed by atoms with E-state index in [1.165, 1.54) is 0 Å². The number of aliphatic hydroxyl groups excluding tert-OH is 1. The monoisotopic (exact) mass is 194 g/mol. The Balaban J connectivity index is 2.54. The van der Waals surface area contributed by atoms with E-state index in [2.05, 4.69) is 16.8 Å². The fourth-order valence-electron chi connectivity index (χ4n) is 1.39. The van der Waals surface area contributed by atoms with Gasteiger partial charge in [-0.15, -0.1) is 0 Å². The fourth-order valence-corrected chi connectivity index (χ4v) is 1.39. The molecule has 1 N–H and O–H groups in total. The van der Waals surface area contributed by atoms with Crippen LogP contribution in [-0.4, -0.2) is 30.3 Å². The molecule has 1 rings (SSSR count). The number of pyridine rings is 1. The molecule has 1 aromatic rings. The first kappa shape index (κ1) is 11.0. The van der Waals surface area contributed by atoms with E-state index in [1.807, 2.05) is 25.4 Å². The van der Waals surface area contributed by atoms with Crippen molar-refractivity contribution in [1.29, 1.82) is 0 Å². The molecule has 0 amide bonds. The number of hydrogen-bond acceptors (Lipinski definition) is 3. The summed E-state index contributed by atoms with van der Waals surface area (Å²) < 4.78 is 0. The molecule has 1 aromatic heterocycles. The van der Waals surface area contributed by atoms with Crippen LogP contribution in [0, 0.1) is 5.92 Å². The Kier molecular flexibility index (Phi) is 4.40. The van der Waals surface area contributed by atoms with Gasteiger partial charge in [-0.25, -0.2) is 0 Å². The maximum atomic E-state index is 9.08. The quantitative estimate of drug-likeness (QED) is 0.772. The third-order valence-electron chi connectivity index (χ3n) is 2.45. The van der Waals surface area contributed by atoms with E-state index in [4.69, 9.17) is 5.11 Å².